The molecule has 1 amide bonds. The summed E-state index contributed by atoms with van der Waals surface area (Å²) >= 11 is 12.2. The van der Waals surface area contributed by atoms with E-state index < -0.39 is 5.97 Å². The minimum absolute atomic E-state index is 0.0582. The Morgan fingerprint density at radius 1 is 1.06 bits per heavy atom. The summed E-state index contributed by atoms with van der Waals surface area (Å²) in [5.41, 5.74) is 2.04. The van der Waals surface area contributed by atoms with Crippen LogP contribution in [0.1, 0.15) is 30.6 Å². The number of nitrogens with zero attached hydrogens (tertiary/aromatic N) is 2. The lowest BCUT2D eigenvalue weighted by Crippen LogP contribution is -2.33. The zero-order valence-electron chi connectivity index (χ0n) is 19.3. The van der Waals surface area contributed by atoms with E-state index >= 15 is 0 Å². The van der Waals surface area contributed by atoms with Crippen LogP contribution >= 0.6 is 23.2 Å². The number of hydrogen-bond donors (Lipinski definition) is 3. The van der Waals surface area contributed by atoms with Crippen LogP contribution < -0.4 is 15.4 Å². The fourth-order valence-corrected chi connectivity index (χ4v) is 3.63. The van der Waals surface area contributed by atoms with Crippen LogP contribution in [-0.2, 0) is 4.79 Å². The number of carboxylic acids is 1. The van der Waals surface area contributed by atoms with E-state index in [0.717, 1.165) is 11.1 Å². The Kier molecular flexibility index (Phi) is 9.28. The standard InChI is InChI=1S/C25H26Cl2N4O4/c1-15(2)21(31-22-7-3-17(13-29-22)25(34)28-10-9-24(32)33)14-35-23-8-4-16(12-30-23)19-6-5-18(26)11-20(19)27/h3-8,11-13,15,21H,9-10,14H2,1-2H3,(H,28,34)(H,29,31)(H,32,33)/t21-/m1/s1. The van der Waals surface area contributed by atoms with Crippen molar-refractivity contribution in [2.24, 2.45) is 5.92 Å². The Morgan fingerprint density at radius 2 is 1.86 bits per heavy atom. The Hall–Kier alpha value is -3.36. The lowest BCUT2D eigenvalue weighted by atomic mass is 10.1. The molecule has 1 aromatic carbocycles. The van der Waals surface area contributed by atoms with Gasteiger partial charge in [-0.05, 0) is 36.2 Å². The van der Waals surface area contributed by atoms with Gasteiger partial charge in [0.05, 0.1) is 18.0 Å². The number of hydrogen-bond acceptors (Lipinski definition) is 6. The smallest absolute Gasteiger partial charge is 0.305 e. The van der Waals surface area contributed by atoms with Gasteiger partial charge in [-0.15, -0.1) is 0 Å². The van der Waals surface area contributed by atoms with Gasteiger partial charge in [0.25, 0.3) is 5.91 Å². The highest BCUT2D eigenvalue weighted by Gasteiger charge is 2.16. The molecular weight excluding hydrogens is 491 g/mol. The second-order valence-electron chi connectivity index (χ2n) is 8.15. The number of carbonyl (C=O) groups is 2. The third kappa shape index (κ3) is 7.83. The van der Waals surface area contributed by atoms with Crippen molar-refractivity contribution in [3.63, 3.8) is 0 Å². The molecule has 0 saturated carbocycles. The monoisotopic (exact) mass is 516 g/mol. The predicted octanol–water partition coefficient (Wildman–Crippen LogP) is 5.17. The molecule has 1 atom stereocenters. The van der Waals surface area contributed by atoms with Gasteiger partial charge in [-0.1, -0.05) is 43.1 Å². The SMILES string of the molecule is CC(C)[C@@H](COc1ccc(-c2ccc(Cl)cc2Cl)cn1)Nc1ccc(C(=O)NCCC(=O)O)cn1. The third-order valence-electron chi connectivity index (χ3n) is 5.18. The van der Waals surface area contributed by atoms with Crippen molar-refractivity contribution in [3.8, 4) is 17.0 Å². The van der Waals surface area contributed by atoms with Crippen molar-refractivity contribution in [1.82, 2.24) is 15.3 Å². The van der Waals surface area contributed by atoms with Crippen LogP contribution in [0.4, 0.5) is 5.82 Å². The van der Waals surface area contributed by atoms with Gasteiger partial charge in [-0.25, -0.2) is 9.97 Å². The van der Waals surface area contributed by atoms with Crippen molar-refractivity contribution in [1.29, 1.82) is 0 Å². The number of aromatic nitrogens is 2. The van der Waals surface area contributed by atoms with E-state index in [1.165, 1.54) is 6.20 Å². The number of anilines is 1. The van der Waals surface area contributed by atoms with Gasteiger partial charge in [-0.3, -0.25) is 9.59 Å². The summed E-state index contributed by atoms with van der Waals surface area (Å²) < 4.78 is 5.90. The van der Waals surface area contributed by atoms with Gasteiger partial charge in [0.1, 0.15) is 12.4 Å². The zero-order valence-corrected chi connectivity index (χ0v) is 20.8. The predicted molar refractivity (Wildman–Crippen MR) is 136 cm³/mol. The molecular formula is C25H26Cl2N4O4. The van der Waals surface area contributed by atoms with Crippen molar-refractivity contribution in [3.05, 3.63) is 70.5 Å². The number of ether oxygens (including phenoxy) is 1. The second-order valence-corrected chi connectivity index (χ2v) is 8.99. The van der Waals surface area contributed by atoms with Crippen LogP contribution in [0.2, 0.25) is 10.0 Å². The minimum Gasteiger partial charge on any atom is -0.481 e. The summed E-state index contributed by atoms with van der Waals surface area (Å²) in [6, 6.07) is 12.2. The van der Waals surface area contributed by atoms with Crippen LogP contribution in [0.3, 0.4) is 0 Å². The maximum absolute atomic E-state index is 12.1. The molecule has 0 aliphatic rings. The Balaban J connectivity index is 1.56. The molecule has 0 bridgehead atoms. The molecule has 10 heteroatoms. The van der Waals surface area contributed by atoms with Crippen molar-refractivity contribution in [2.45, 2.75) is 26.3 Å². The maximum Gasteiger partial charge on any atom is 0.305 e. The van der Waals surface area contributed by atoms with Crippen molar-refractivity contribution >= 4 is 40.9 Å². The van der Waals surface area contributed by atoms with Gasteiger partial charge >= 0.3 is 5.97 Å². The molecule has 3 aromatic rings. The molecule has 0 aliphatic heterocycles. The second kappa shape index (κ2) is 12.4. The molecule has 8 nitrogen and oxygen atoms in total. The summed E-state index contributed by atoms with van der Waals surface area (Å²) in [6.45, 7) is 4.53. The van der Waals surface area contributed by atoms with Gasteiger partial charge in [-0.2, -0.15) is 0 Å². The Morgan fingerprint density at radius 3 is 2.46 bits per heavy atom. The van der Waals surface area contributed by atoms with E-state index in [0.29, 0.717) is 33.9 Å². The van der Waals surface area contributed by atoms with Crippen LogP contribution in [0, 0.1) is 5.92 Å². The first-order chi connectivity index (χ1) is 16.7. The van der Waals surface area contributed by atoms with E-state index in [1.807, 2.05) is 12.1 Å². The van der Waals surface area contributed by atoms with Crippen molar-refractivity contribution in [2.75, 3.05) is 18.5 Å². The first-order valence-corrected chi connectivity index (χ1v) is 11.8. The normalized spacial score (nSPS) is 11.7. The molecule has 0 radical (unpaired) electrons. The van der Waals surface area contributed by atoms with Gasteiger partial charge in [0.2, 0.25) is 5.88 Å². The van der Waals surface area contributed by atoms with E-state index in [1.54, 1.807) is 36.5 Å². The van der Waals surface area contributed by atoms with Gasteiger partial charge in [0.15, 0.2) is 0 Å². The highest BCUT2D eigenvalue weighted by Crippen LogP contribution is 2.30. The fraction of sp³-hybridized carbons (Fsp3) is 0.280. The minimum atomic E-state index is -0.970. The molecule has 0 fully saturated rings. The number of carboxylic acid groups (broad SMARTS) is 1. The largest absolute Gasteiger partial charge is 0.481 e. The molecule has 0 spiro atoms. The number of nitrogens with one attached hydrogen (secondary N) is 2. The van der Waals surface area contributed by atoms with E-state index in [9.17, 15) is 9.59 Å². The molecule has 0 unspecified atom stereocenters. The number of carbonyl (C=O) groups excluding carboxylic acids is 1. The summed E-state index contributed by atoms with van der Waals surface area (Å²) in [4.78, 5) is 31.3. The highest BCUT2D eigenvalue weighted by molar-refractivity contribution is 6.36. The summed E-state index contributed by atoms with van der Waals surface area (Å²) in [7, 11) is 0. The van der Waals surface area contributed by atoms with Gasteiger partial charge < -0.3 is 20.5 Å². The number of rotatable bonds is 11. The highest BCUT2D eigenvalue weighted by atomic mass is 35.5. The fourth-order valence-electron chi connectivity index (χ4n) is 3.11. The first-order valence-electron chi connectivity index (χ1n) is 11.0. The average Bonchev–Trinajstić information content (AvgIpc) is 2.82. The molecule has 0 aliphatic carbocycles. The summed E-state index contributed by atoms with van der Waals surface area (Å²) in [5.74, 6) is -0.0453. The van der Waals surface area contributed by atoms with Crippen LogP contribution in [0.25, 0.3) is 11.1 Å². The molecule has 0 saturated heterocycles. The van der Waals surface area contributed by atoms with E-state index in [2.05, 4.69) is 34.4 Å². The zero-order chi connectivity index (χ0) is 25.4. The number of halogens is 2. The molecule has 3 rings (SSSR count). The number of amides is 1. The summed E-state index contributed by atoms with van der Waals surface area (Å²) in [5, 5.41) is 15.6. The Labute approximate surface area is 213 Å². The van der Waals surface area contributed by atoms with Crippen LogP contribution in [-0.4, -0.2) is 46.1 Å². The first kappa shape index (κ1) is 26.2. The number of benzene rings is 1. The lowest BCUT2D eigenvalue weighted by Gasteiger charge is -2.23. The lowest BCUT2D eigenvalue weighted by molar-refractivity contribution is -0.136. The topological polar surface area (TPSA) is 113 Å². The quantitative estimate of drug-likeness (QED) is 0.322. The third-order valence-corrected chi connectivity index (χ3v) is 5.73. The Bertz CT molecular complexity index is 1160. The average molecular weight is 517 g/mol. The van der Waals surface area contributed by atoms with Crippen LogP contribution in [0.15, 0.2) is 54.9 Å². The van der Waals surface area contributed by atoms with Crippen molar-refractivity contribution < 1.29 is 19.4 Å². The molecule has 2 heterocycles. The summed E-state index contributed by atoms with van der Waals surface area (Å²) in [6.07, 6.45) is 3.00. The number of pyridine rings is 2. The molecule has 35 heavy (non-hydrogen) atoms. The van der Waals surface area contributed by atoms with Crippen LogP contribution in [0.5, 0.6) is 5.88 Å². The van der Waals surface area contributed by atoms with E-state index in [4.69, 9.17) is 33.0 Å². The van der Waals surface area contributed by atoms with E-state index in [-0.39, 0.29) is 30.8 Å². The van der Waals surface area contributed by atoms with Gasteiger partial charge in [0, 0.05) is 46.2 Å². The maximum atomic E-state index is 12.1. The molecule has 2 aromatic heterocycles. The number of aliphatic carboxylic acids is 1. The molecule has 184 valence electrons. The molecule has 3 N–H and O–H groups in total.